The number of amides is 1. The van der Waals surface area contributed by atoms with Crippen molar-refractivity contribution in [3.8, 4) is 0 Å². The first-order valence-electron chi connectivity index (χ1n) is 6.30. The predicted octanol–water partition coefficient (Wildman–Crippen LogP) is 1.36. The molecule has 1 atom stereocenters. The van der Waals surface area contributed by atoms with Crippen LogP contribution in [0, 0.1) is 5.92 Å². The summed E-state index contributed by atoms with van der Waals surface area (Å²) in [5.74, 6) is 0.572. The summed E-state index contributed by atoms with van der Waals surface area (Å²) in [5.41, 5.74) is 0.752. The Morgan fingerprint density at radius 3 is 2.84 bits per heavy atom. The summed E-state index contributed by atoms with van der Waals surface area (Å²) in [6.07, 6.45) is 10.5. The van der Waals surface area contributed by atoms with E-state index >= 15 is 0 Å². The Balaban J connectivity index is 1.60. The molecule has 2 aliphatic heterocycles. The molecule has 1 aromatic rings. The molecule has 0 saturated carbocycles. The van der Waals surface area contributed by atoms with Crippen molar-refractivity contribution in [2.45, 2.75) is 19.0 Å². The SMILES string of the molecule is O=C1N=C(Cc2ccco2)C=CC1CC1NC=CN1. The van der Waals surface area contributed by atoms with Crippen molar-refractivity contribution >= 4 is 11.6 Å². The summed E-state index contributed by atoms with van der Waals surface area (Å²) in [7, 11) is 0. The van der Waals surface area contributed by atoms with Crippen molar-refractivity contribution < 1.29 is 9.21 Å². The second-order valence-electron chi connectivity index (χ2n) is 4.62. The highest BCUT2D eigenvalue weighted by molar-refractivity contribution is 6.06. The lowest BCUT2D eigenvalue weighted by Crippen LogP contribution is -2.35. The van der Waals surface area contributed by atoms with Crippen LogP contribution in [0.3, 0.4) is 0 Å². The topological polar surface area (TPSA) is 66.6 Å². The van der Waals surface area contributed by atoms with Crippen molar-refractivity contribution in [3.63, 3.8) is 0 Å². The molecule has 0 aliphatic carbocycles. The Kier molecular flexibility index (Phi) is 3.18. The molecule has 0 fully saturated rings. The molecule has 3 rings (SSSR count). The Hall–Kier alpha value is -2.30. The number of furan rings is 1. The molecule has 0 radical (unpaired) electrons. The van der Waals surface area contributed by atoms with Gasteiger partial charge in [-0.3, -0.25) is 4.79 Å². The van der Waals surface area contributed by atoms with Crippen LogP contribution >= 0.6 is 0 Å². The van der Waals surface area contributed by atoms with Crippen LogP contribution < -0.4 is 10.6 Å². The predicted molar refractivity (Wildman–Crippen MR) is 71.3 cm³/mol. The van der Waals surface area contributed by atoms with Gasteiger partial charge in [-0.1, -0.05) is 6.08 Å². The molecule has 2 N–H and O–H groups in total. The molecule has 5 nitrogen and oxygen atoms in total. The highest BCUT2D eigenvalue weighted by Crippen LogP contribution is 2.17. The van der Waals surface area contributed by atoms with E-state index in [9.17, 15) is 4.79 Å². The number of hydrogen-bond acceptors (Lipinski definition) is 4. The summed E-state index contributed by atoms with van der Waals surface area (Å²) < 4.78 is 5.25. The van der Waals surface area contributed by atoms with E-state index in [0.717, 1.165) is 11.5 Å². The molecule has 0 spiro atoms. The highest BCUT2D eigenvalue weighted by Gasteiger charge is 2.23. The lowest BCUT2D eigenvalue weighted by atomic mass is 9.98. The Morgan fingerprint density at radius 2 is 2.16 bits per heavy atom. The lowest BCUT2D eigenvalue weighted by Gasteiger charge is -2.18. The third-order valence-electron chi connectivity index (χ3n) is 3.20. The molecule has 0 aromatic carbocycles. The van der Waals surface area contributed by atoms with Crippen molar-refractivity contribution in [1.82, 2.24) is 10.6 Å². The number of carbonyl (C=O) groups is 1. The molecular formula is C14H15N3O2. The summed E-state index contributed by atoms with van der Waals surface area (Å²) in [6.45, 7) is 0. The molecule has 1 aromatic heterocycles. The van der Waals surface area contributed by atoms with Crippen molar-refractivity contribution in [2.24, 2.45) is 10.9 Å². The van der Waals surface area contributed by atoms with Crippen LogP contribution in [0.15, 0.2) is 52.4 Å². The fraction of sp³-hybridized carbons (Fsp3) is 0.286. The van der Waals surface area contributed by atoms with E-state index in [4.69, 9.17) is 4.42 Å². The molecule has 2 aliphatic rings. The molecular weight excluding hydrogens is 242 g/mol. The van der Waals surface area contributed by atoms with Crippen molar-refractivity contribution in [2.75, 3.05) is 0 Å². The molecule has 5 heteroatoms. The number of aliphatic imine (C=N–C) groups is 1. The van der Waals surface area contributed by atoms with Gasteiger partial charge in [-0.15, -0.1) is 0 Å². The van der Waals surface area contributed by atoms with Gasteiger partial charge < -0.3 is 15.1 Å². The van der Waals surface area contributed by atoms with E-state index in [1.165, 1.54) is 0 Å². The van der Waals surface area contributed by atoms with Crippen LogP contribution in [0.5, 0.6) is 0 Å². The van der Waals surface area contributed by atoms with Gasteiger partial charge in [0, 0.05) is 25.2 Å². The van der Waals surface area contributed by atoms with Gasteiger partial charge in [-0.2, -0.15) is 0 Å². The quantitative estimate of drug-likeness (QED) is 0.854. The van der Waals surface area contributed by atoms with E-state index in [1.807, 2.05) is 36.7 Å². The number of carbonyl (C=O) groups excluding carboxylic acids is 1. The third-order valence-corrected chi connectivity index (χ3v) is 3.20. The molecule has 19 heavy (non-hydrogen) atoms. The Bertz CT molecular complexity index is 535. The van der Waals surface area contributed by atoms with Gasteiger partial charge in [0.1, 0.15) is 5.76 Å². The fourth-order valence-electron chi connectivity index (χ4n) is 2.21. The van der Waals surface area contributed by atoms with Gasteiger partial charge in [0.05, 0.1) is 24.1 Å². The normalized spacial score (nSPS) is 22.2. The summed E-state index contributed by atoms with van der Waals surface area (Å²) in [6, 6.07) is 3.71. The maximum absolute atomic E-state index is 12.0. The van der Waals surface area contributed by atoms with Crippen LogP contribution in [0.1, 0.15) is 12.2 Å². The molecule has 98 valence electrons. The van der Waals surface area contributed by atoms with Crippen LogP contribution in [0.2, 0.25) is 0 Å². The van der Waals surface area contributed by atoms with E-state index in [0.29, 0.717) is 12.8 Å². The molecule has 0 bridgehead atoms. The Labute approximate surface area is 111 Å². The van der Waals surface area contributed by atoms with Crippen LogP contribution in [-0.4, -0.2) is 17.8 Å². The first-order chi connectivity index (χ1) is 9.31. The van der Waals surface area contributed by atoms with Gasteiger partial charge in [-0.05, 0) is 18.2 Å². The maximum Gasteiger partial charge on any atom is 0.252 e. The van der Waals surface area contributed by atoms with Crippen molar-refractivity contribution in [1.29, 1.82) is 0 Å². The second-order valence-corrected chi connectivity index (χ2v) is 4.62. The number of allylic oxidation sites excluding steroid dienone is 1. The minimum Gasteiger partial charge on any atom is -0.469 e. The Morgan fingerprint density at radius 1 is 1.32 bits per heavy atom. The smallest absolute Gasteiger partial charge is 0.252 e. The van der Waals surface area contributed by atoms with Gasteiger partial charge >= 0.3 is 0 Å². The van der Waals surface area contributed by atoms with E-state index in [1.54, 1.807) is 6.26 Å². The number of rotatable bonds is 4. The van der Waals surface area contributed by atoms with Crippen LogP contribution in [-0.2, 0) is 11.2 Å². The van der Waals surface area contributed by atoms with Crippen LogP contribution in [0.25, 0.3) is 0 Å². The standard InChI is InChI=1S/C14H15N3O2/c18-14-10(8-13-15-5-6-16-13)3-4-11(17-14)9-12-2-1-7-19-12/h1-7,10,13,15-16H,8-9H2. The minimum atomic E-state index is -0.162. The zero-order valence-corrected chi connectivity index (χ0v) is 10.4. The number of hydrogen-bond donors (Lipinski definition) is 2. The average Bonchev–Trinajstić information content (AvgIpc) is 3.05. The zero-order chi connectivity index (χ0) is 13.1. The van der Waals surface area contributed by atoms with Crippen LogP contribution in [0.4, 0.5) is 0 Å². The number of dihydropyridines is 1. The van der Waals surface area contributed by atoms with E-state index < -0.39 is 0 Å². The summed E-state index contributed by atoms with van der Waals surface area (Å²) >= 11 is 0. The summed E-state index contributed by atoms with van der Waals surface area (Å²) in [4.78, 5) is 16.1. The van der Waals surface area contributed by atoms with Gasteiger partial charge in [0.15, 0.2) is 0 Å². The molecule has 0 saturated heterocycles. The summed E-state index contributed by atoms with van der Waals surface area (Å²) in [5, 5.41) is 6.26. The molecule has 3 heterocycles. The molecule has 1 unspecified atom stereocenters. The fourth-order valence-corrected chi connectivity index (χ4v) is 2.21. The molecule has 1 amide bonds. The van der Waals surface area contributed by atoms with Crippen molar-refractivity contribution in [3.05, 3.63) is 48.7 Å². The monoisotopic (exact) mass is 257 g/mol. The van der Waals surface area contributed by atoms with E-state index in [2.05, 4.69) is 15.6 Å². The van der Waals surface area contributed by atoms with Gasteiger partial charge in [0.2, 0.25) is 0 Å². The largest absolute Gasteiger partial charge is 0.469 e. The number of nitrogens with one attached hydrogen (secondary N) is 2. The van der Waals surface area contributed by atoms with Gasteiger partial charge in [-0.25, -0.2) is 4.99 Å². The first kappa shape index (κ1) is 11.8. The highest BCUT2D eigenvalue weighted by atomic mass is 16.3. The number of nitrogens with zero attached hydrogens (tertiary/aromatic N) is 1. The third kappa shape index (κ3) is 2.76. The minimum absolute atomic E-state index is 0.0837. The zero-order valence-electron chi connectivity index (χ0n) is 10.4. The maximum atomic E-state index is 12.0. The first-order valence-corrected chi connectivity index (χ1v) is 6.30. The average molecular weight is 257 g/mol. The lowest BCUT2D eigenvalue weighted by molar-refractivity contribution is -0.120. The van der Waals surface area contributed by atoms with Gasteiger partial charge in [0.25, 0.3) is 5.91 Å². The second kappa shape index (κ2) is 5.14. The van der Waals surface area contributed by atoms with E-state index in [-0.39, 0.29) is 18.0 Å².